The summed E-state index contributed by atoms with van der Waals surface area (Å²) in [5.41, 5.74) is 6.28. The van der Waals surface area contributed by atoms with Gasteiger partial charge in [0.15, 0.2) is 0 Å². The highest BCUT2D eigenvalue weighted by atomic mass is 16.1. The molecule has 0 spiro atoms. The summed E-state index contributed by atoms with van der Waals surface area (Å²) in [7, 11) is 0. The number of piperidine rings is 1. The molecule has 1 saturated heterocycles. The quantitative estimate of drug-likeness (QED) is 0.716. The number of nitrogens with zero attached hydrogens (tertiary/aromatic N) is 2. The van der Waals surface area contributed by atoms with Crippen LogP contribution in [-0.2, 0) is 0 Å². The summed E-state index contributed by atoms with van der Waals surface area (Å²) in [5, 5.41) is 3.29. The first kappa shape index (κ1) is 10.0. The molecule has 80 valence electrons. The average molecular weight is 206 g/mol. The van der Waals surface area contributed by atoms with Gasteiger partial charge in [-0.25, -0.2) is 4.98 Å². The van der Waals surface area contributed by atoms with Crippen LogP contribution >= 0.6 is 0 Å². The topological polar surface area (TPSA) is 80.9 Å². The van der Waals surface area contributed by atoms with Crippen molar-refractivity contribution in [3.63, 3.8) is 0 Å². The summed E-state index contributed by atoms with van der Waals surface area (Å²) < 4.78 is 0. The molecular formula is C10H14N4O. The highest BCUT2D eigenvalue weighted by Crippen LogP contribution is 2.22. The van der Waals surface area contributed by atoms with Crippen molar-refractivity contribution in [1.82, 2.24) is 15.3 Å². The van der Waals surface area contributed by atoms with Crippen molar-refractivity contribution >= 4 is 5.91 Å². The van der Waals surface area contributed by atoms with Crippen LogP contribution in [0.25, 0.3) is 0 Å². The fraction of sp³-hybridized carbons (Fsp3) is 0.500. The Labute approximate surface area is 88.1 Å². The van der Waals surface area contributed by atoms with Gasteiger partial charge in [0.1, 0.15) is 5.69 Å². The van der Waals surface area contributed by atoms with Gasteiger partial charge >= 0.3 is 0 Å². The smallest absolute Gasteiger partial charge is 0.268 e. The van der Waals surface area contributed by atoms with E-state index in [1.807, 2.05) is 0 Å². The van der Waals surface area contributed by atoms with E-state index < -0.39 is 5.91 Å². The second-order valence-corrected chi connectivity index (χ2v) is 3.72. The first-order valence-corrected chi connectivity index (χ1v) is 5.10. The van der Waals surface area contributed by atoms with Crippen molar-refractivity contribution in [2.75, 3.05) is 13.1 Å². The van der Waals surface area contributed by atoms with Crippen molar-refractivity contribution in [3.05, 3.63) is 23.8 Å². The van der Waals surface area contributed by atoms with Crippen molar-refractivity contribution in [2.45, 2.75) is 18.8 Å². The van der Waals surface area contributed by atoms with E-state index in [-0.39, 0.29) is 5.69 Å². The lowest BCUT2D eigenvalue weighted by Crippen LogP contribution is -2.27. The van der Waals surface area contributed by atoms with E-state index in [1.54, 1.807) is 6.20 Å². The number of nitrogens with two attached hydrogens (primary N) is 1. The van der Waals surface area contributed by atoms with Gasteiger partial charge in [-0.2, -0.15) is 0 Å². The Hall–Kier alpha value is -1.49. The maximum atomic E-state index is 10.8. The second-order valence-electron chi connectivity index (χ2n) is 3.72. The Morgan fingerprint density at radius 2 is 2.07 bits per heavy atom. The minimum atomic E-state index is -0.528. The molecule has 2 heterocycles. The van der Waals surface area contributed by atoms with Gasteiger partial charge in [0.05, 0.1) is 11.9 Å². The minimum absolute atomic E-state index is 0.229. The Balaban J connectivity index is 2.11. The van der Waals surface area contributed by atoms with Gasteiger partial charge in [-0.1, -0.05) is 0 Å². The summed E-state index contributed by atoms with van der Waals surface area (Å²) in [6.07, 6.45) is 5.27. The number of carbonyl (C=O) groups is 1. The summed E-state index contributed by atoms with van der Waals surface area (Å²) in [6, 6.07) is 0. The van der Waals surface area contributed by atoms with Crippen LogP contribution in [0.15, 0.2) is 12.4 Å². The third-order valence-corrected chi connectivity index (χ3v) is 2.68. The van der Waals surface area contributed by atoms with Crippen LogP contribution in [0.4, 0.5) is 0 Å². The van der Waals surface area contributed by atoms with Crippen molar-refractivity contribution < 1.29 is 4.79 Å². The molecule has 1 amide bonds. The Morgan fingerprint density at radius 3 is 2.60 bits per heavy atom. The molecule has 5 nitrogen and oxygen atoms in total. The molecule has 0 aromatic carbocycles. The third-order valence-electron chi connectivity index (χ3n) is 2.68. The predicted octanol–water partition coefficient (Wildman–Crippen LogP) is 0.0425. The van der Waals surface area contributed by atoms with Gasteiger partial charge in [0.2, 0.25) is 0 Å². The molecule has 0 aliphatic carbocycles. The molecule has 0 saturated carbocycles. The lowest BCUT2D eigenvalue weighted by Gasteiger charge is -2.21. The number of amides is 1. The number of carbonyl (C=O) groups excluding carboxylic acids is 1. The highest BCUT2D eigenvalue weighted by Gasteiger charge is 2.16. The lowest BCUT2D eigenvalue weighted by atomic mass is 9.95. The van der Waals surface area contributed by atoms with Gasteiger partial charge in [-0.15, -0.1) is 0 Å². The molecule has 1 aliphatic heterocycles. The zero-order valence-electron chi connectivity index (χ0n) is 8.44. The molecular weight excluding hydrogens is 192 g/mol. The number of primary amides is 1. The zero-order chi connectivity index (χ0) is 10.7. The Bertz CT molecular complexity index is 343. The fourth-order valence-corrected chi connectivity index (χ4v) is 1.79. The minimum Gasteiger partial charge on any atom is -0.364 e. The summed E-state index contributed by atoms with van der Waals surface area (Å²) in [6.45, 7) is 2.04. The molecule has 5 heteroatoms. The van der Waals surface area contributed by atoms with E-state index in [0.29, 0.717) is 5.92 Å². The molecule has 0 bridgehead atoms. The van der Waals surface area contributed by atoms with Crippen LogP contribution in [0.5, 0.6) is 0 Å². The first-order valence-electron chi connectivity index (χ1n) is 5.10. The standard InChI is InChI=1S/C10H14N4O/c11-10(15)9-6-13-8(5-14-9)7-1-3-12-4-2-7/h5-7,12H,1-4H2,(H2,11,15). The van der Waals surface area contributed by atoms with E-state index in [4.69, 9.17) is 5.73 Å². The highest BCUT2D eigenvalue weighted by molar-refractivity contribution is 5.90. The summed E-state index contributed by atoms with van der Waals surface area (Å²) in [4.78, 5) is 19.0. The molecule has 1 aromatic heterocycles. The summed E-state index contributed by atoms with van der Waals surface area (Å²) in [5.74, 6) is -0.0694. The maximum absolute atomic E-state index is 10.8. The first-order chi connectivity index (χ1) is 7.27. The number of aromatic nitrogens is 2. The van der Waals surface area contributed by atoms with E-state index in [0.717, 1.165) is 31.6 Å². The fourth-order valence-electron chi connectivity index (χ4n) is 1.79. The van der Waals surface area contributed by atoms with Crippen molar-refractivity contribution in [1.29, 1.82) is 0 Å². The Kier molecular flexibility index (Phi) is 2.91. The van der Waals surface area contributed by atoms with Gasteiger partial charge in [-0.05, 0) is 25.9 Å². The van der Waals surface area contributed by atoms with Gasteiger partial charge in [-0.3, -0.25) is 9.78 Å². The summed E-state index contributed by atoms with van der Waals surface area (Å²) >= 11 is 0. The van der Waals surface area contributed by atoms with Crippen molar-refractivity contribution in [2.24, 2.45) is 5.73 Å². The SMILES string of the molecule is NC(=O)c1cnc(C2CCNCC2)cn1. The second kappa shape index (κ2) is 4.35. The predicted molar refractivity (Wildman–Crippen MR) is 55.4 cm³/mol. The van der Waals surface area contributed by atoms with Gasteiger partial charge < -0.3 is 11.1 Å². The lowest BCUT2D eigenvalue weighted by molar-refractivity contribution is 0.0995. The molecule has 0 radical (unpaired) electrons. The molecule has 15 heavy (non-hydrogen) atoms. The molecule has 1 aromatic rings. The number of nitrogens with one attached hydrogen (secondary N) is 1. The van der Waals surface area contributed by atoms with Gasteiger partial charge in [0, 0.05) is 12.1 Å². The monoisotopic (exact) mass is 206 g/mol. The van der Waals surface area contributed by atoms with Gasteiger partial charge in [0.25, 0.3) is 5.91 Å². The van der Waals surface area contributed by atoms with Crippen LogP contribution in [0.1, 0.15) is 34.9 Å². The molecule has 1 fully saturated rings. The van der Waals surface area contributed by atoms with E-state index >= 15 is 0 Å². The molecule has 3 N–H and O–H groups in total. The largest absolute Gasteiger partial charge is 0.364 e. The van der Waals surface area contributed by atoms with Crippen LogP contribution in [0.3, 0.4) is 0 Å². The number of hydrogen-bond donors (Lipinski definition) is 2. The molecule has 0 unspecified atom stereocenters. The number of rotatable bonds is 2. The average Bonchev–Trinajstić information content (AvgIpc) is 2.30. The van der Waals surface area contributed by atoms with Crippen LogP contribution in [0, 0.1) is 0 Å². The molecule has 0 atom stereocenters. The van der Waals surface area contributed by atoms with E-state index in [1.165, 1.54) is 6.20 Å². The zero-order valence-corrected chi connectivity index (χ0v) is 8.44. The maximum Gasteiger partial charge on any atom is 0.268 e. The number of hydrogen-bond acceptors (Lipinski definition) is 4. The third kappa shape index (κ3) is 2.30. The normalized spacial score (nSPS) is 17.6. The van der Waals surface area contributed by atoms with Crippen molar-refractivity contribution in [3.8, 4) is 0 Å². The van der Waals surface area contributed by atoms with E-state index in [9.17, 15) is 4.79 Å². The Morgan fingerprint density at radius 1 is 1.33 bits per heavy atom. The molecule has 2 rings (SSSR count). The van der Waals surface area contributed by atoms with Crippen LogP contribution in [-0.4, -0.2) is 29.0 Å². The van der Waals surface area contributed by atoms with Crippen LogP contribution in [0.2, 0.25) is 0 Å². The van der Waals surface area contributed by atoms with E-state index in [2.05, 4.69) is 15.3 Å². The van der Waals surface area contributed by atoms with Crippen LogP contribution < -0.4 is 11.1 Å². The molecule has 1 aliphatic rings.